The van der Waals surface area contributed by atoms with Crippen LogP contribution in [0.3, 0.4) is 0 Å². The van der Waals surface area contributed by atoms with E-state index in [-0.39, 0.29) is 11.8 Å². The van der Waals surface area contributed by atoms with Crippen LogP contribution in [0.1, 0.15) is 25.7 Å². The Bertz CT molecular complexity index is 306. The fourth-order valence-electron chi connectivity index (χ4n) is 2.73. The fraction of sp³-hybridized carbons (Fsp3) is 0.750. The fourth-order valence-corrected chi connectivity index (χ4v) is 2.73. The maximum atomic E-state index is 11.9. The summed E-state index contributed by atoms with van der Waals surface area (Å²) in [6.07, 6.45) is 8.21. The van der Waals surface area contributed by atoms with Gasteiger partial charge in [-0.25, -0.2) is 0 Å². The molecule has 3 rings (SSSR count). The van der Waals surface area contributed by atoms with E-state index in [0.29, 0.717) is 19.0 Å². The first-order valence-corrected chi connectivity index (χ1v) is 5.85. The molecule has 0 aromatic carbocycles. The Morgan fingerprint density at radius 2 is 1.87 bits per heavy atom. The smallest absolute Gasteiger partial charge is 0.226 e. The Morgan fingerprint density at radius 1 is 1.27 bits per heavy atom. The summed E-state index contributed by atoms with van der Waals surface area (Å²) in [5, 5.41) is 10.1. The third kappa shape index (κ3) is 1.49. The first-order valence-electron chi connectivity index (χ1n) is 5.85. The number of carbonyl (C=O) groups is 1. The highest BCUT2D eigenvalue weighted by Gasteiger charge is 2.53. The van der Waals surface area contributed by atoms with Crippen LogP contribution in [0.15, 0.2) is 12.2 Å². The van der Waals surface area contributed by atoms with Gasteiger partial charge >= 0.3 is 0 Å². The highest BCUT2D eigenvalue weighted by Crippen LogP contribution is 2.45. The van der Waals surface area contributed by atoms with Gasteiger partial charge in [-0.2, -0.15) is 0 Å². The summed E-state index contributed by atoms with van der Waals surface area (Å²) in [5.74, 6) is 0.877. The van der Waals surface area contributed by atoms with E-state index < -0.39 is 5.60 Å². The Balaban J connectivity index is 1.55. The van der Waals surface area contributed by atoms with Crippen LogP contribution in [-0.4, -0.2) is 34.6 Å². The van der Waals surface area contributed by atoms with Crippen molar-refractivity contribution in [3.8, 4) is 0 Å². The van der Waals surface area contributed by atoms with E-state index in [9.17, 15) is 9.90 Å². The molecule has 0 bridgehead atoms. The van der Waals surface area contributed by atoms with Gasteiger partial charge in [0.2, 0.25) is 5.91 Å². The van der Waals surface area contributed by atoms with E-state index in [4.69, 9.17) is 0 Å². The van der Waals surface area contributed by atoms with Gasteiger partial charge in [-0.3, -0.25) is 4.79 Å². The molecule has 1 N–H and O–H groups in total. The van der Waals surface area contributed by atoms with Crippen LogP contribution in [-0.2, 0) is 4.79 Å². The van der Waals surface area contributed by atoms with E-state index in [2.05, 4.69) is 12.2 Å². The molecule has 3 nitrogen and oxygen atoms in total. The molecule has 0 aromatic rings. The van der Waals surface area contributed by atoms with Gasteiger partial charge in [0.25, 0.3) is 0 Å². The van der Waals surface area contributed by atoms with E-state index in [1.807, 2.05) is 4.90 Å². The summed E-state index contributed by atoms with van der Waals surface area (Å²) in [4.78, 5) is 13.8. The lowest BCUT2D eigenvalue weighted by Gasteiger charge is -2.47. The predicted molar refractivity (Wildman–Crippen MR) is 56.1 cm³/mol. The molecule has 2 aliphatic carbocycles. The highest BCUT2D eigenvalue weighted by atomic mass is 16.3. The first kappa shape index (κ1) is 9.40. The molecule has 0 radical (unpaired) electrons. The Kier molecular flexibility index (Phi) is 1.93. The molecule has 1 amide bonds. The van der Waals surface area contributed by atoms with Crippen molar-refractivity contribution in [1.82, 2.24) is 4.90 Å². The zero-order valence-electron chi connectivity index (χ0n) is 8.85. The molecular weight excluding hydrogens is 190 g/mol. The topological polar surface area (TPSA) is 40.5 Å². The van der Waals surface area contributed by atoms with Crippen LogP contribution in [0.25, 0.3) is 0 Å². The van der Waals surface area contributed by atoms with Crippen molar-refractivity contribution in [2.24, 2.45) is 11.8 Å². The van der Waals surface area contributed by atoms with Gasteiger partial charge in [-0.1, -0.05) is 12.2 Å². The molecule has 0 atom stereocenters. The average molecular weight is 207 g/mol. The molecule has 0 spiro atoms. The van der Waals surface area contributed by atoms with Crippen molar-refractivity contribution < 1.29 is 9.90 Å². The summed E-state index contributed by atoms with van der Waals surface area (Å²) in [6, 6.07) is 0. The van der Waals surface area contributed by atoms with Crippen molar-refractivity contribution in [3.05, 3.63) is 12.2 Å². The third-order valence-electron chi connectivity index (χ3n) is 3.94. The summed E-state index contributed by atoms with van der Waals surface area (Å²) in [7, 11) is 0. The zero-order valence-corrected chi connectivity index (χ0v) is 8.85. The summed E-state index contributed by atoms with van der Waals surface area (Å²) >= 11 is 0. The second-order valence-electron chi connectivity index (χ2n) is 5.21. The lowest BCUT2D eigenvalue weighted by molar-refractivity contribution is -0.163. The van der Waals surface area contributed by atoms with Gasteiger partial charge in [0.15, 0.2) is 0 Å². The number of β-amino-alcohol motifs (C(OH)–C–C–N with tert-alkyl or cyclic N) is 1. The molecule has 15 heavy (non-hydrogen) atoms. The number of rotatable bonds is 2. The van der Waals surface area contributed by atoms with Crippen molar-refractivity contribution in [1.29, 1.82) is 0 Å². The van der Waals surface area contributed by atoms with Crippen LogP contribution >= 0.6 is 0 Å². The number of hydrogen-bond acceptors (Lipinski definition) is 2. The maximum absolute atomic E-state index is 11.9. The van der Waals surface area contributed by atoms with Gasteiger partial charge in [0.1, 0.15) is 5.60 Å². The second kappa shape index (κ2) is 3.08. The van der Waals surface area contributed by atoms with E-state index in [1.54, 1.807) is 0 Å². The van der Waals surface area contributed by atoms with Gasteiger partial charge in [0.05, 0.1) is 13.1 Å². The number of likely N-dealkylation sites (tertiary alicyclic amines) is 1. The standard InChI is InChI=1S/C12H17NO2/c14-11(9-3-1-2-4-9)13-7-12(15,8-13)10-5-6-10/h1-2,9-10,15H,3-8H2. The largest absolute Gasteiger partial charge is 0.386 e. The quantitative estimate of drug-likeness (QED) is 0.684. The minimum atomic E-state index is -0.526. The molecule has 0 unspecified atom stereocenters. The van der Waals surface area contributed by atoms with Crippen molar-refractivity contribution in [2.75, 3.05) is 13.1 Å². The number of aliphatic hydroxyl groups is 1. The van der Waals surface area contributed by atoms with Crippen molar-refractivity contribution in [2.45, 2.75) is 31.3 Å². The van der Waals surface area contributed by atoms with Crippen molar-refractivity contribution in [3.63, 3.8) is 0 Å². The average Bonchev–Trinajstić information content (AvgIpc) is 2.89. The monoisotopic (exact) mass is 207 g/mol. The van der Waals surface area contributed by atoms with Crippen molar-refractivity contribution >= 4 is 5.91 Å². The van der Waals surface area contributed by atoms with Crippen LogP contribution in [0.4, 0.5) is 0 Å². The molecular formula is C12H17NO2. The summed E-state index contributed by atoms with van der Waals surface area (Å²) < 4.78 is 0. The molecule has 3 aliphatic rings. The minimum Gasteiger partial charge on any atom is -0.386 e. The number of carbonyl (C=O) groups excluding carboxylic acids is 1. The molecule has 3 heteroatoms. The van der Waals surface area contributed by atoms with Gasteiger partial charge in [-0.15, -0.1) is 0 Å². The Morgan fingerprint density at radius 3 is 2.40 bits per heavy atom. The summed E-state index contributed by atoms with van der Waals surface area (Å²) in [6.45, 7) is 1.15. The molecule has 2 fully saturated rings. The normalized spacial score (nSPS) is 29.3. The second-order valence-corrected chi connectivity index (χ2v) is 5.21. The number of amides is 1. The van der Waals surface area contributed by atoms with Crippen LogP contribution < -0.4 is 0 Å². The van der Waals surface area contributed by atoms with E-state index in [0.717, 1.165) is 25.7 Å². The zero-order chi connectivity index (χ0) is 10.5. The molecule has 1 heterocycles. The number of allylic oxidation sites excluding steroid dienone is 2. The molecule has 1 aliphatic heterocycles. The number of nitrogens with zero attached hydrogens (tertiary/aromatic N) is 1. The minimum absolute atomic E-state index is 0.161. The first-order chi connectivity index (χ1) is 7.19. The molecule has 0 aromatic heterocycles. The summed E-state index contributed by atoms with van der Waals surface area (Å²) in [5.41, 5.74) is -0.526. The maximum Gasteiger partial charge on any atom is 0.226 e. The molecule has 1 saturated heterocycles. The highest BCUT2D eigenvalue weighted by molar-refractivity contribution is 5.80. The van der Waals surface area contributed by atoms with E-state index in [1.165, 1.54) is 0 Å². The van der Waals surface area contributed by atoms with Crippen LogP contribution in [0.5, 0.6) is 0 Å². The number of hydrogen-bond donors (Lipinski definition) is 1. The predicted octanol–water partition coefficient (Wildman–Crippen LogP) is 0.936. The molecule has 82 valence electrons. The van der Waals surface area contributed by atoms with Gasteiger partial charge < -0.3 is 10.0 Å². The van der Waals surface area contributed by atoms with Crippen LogP contribution in [0, 0.1) is 11.8 Å². The van der Waals surface area contributed by atoms with Crippen LogP contribution in [0.2, 0.25) is 0 Å². The van der Waals surface area contributed by atoms with Gasteiger partial charge in [0, 0.05) is 5.92 Å². The lowest BCUT2D eigenvalue weighted by atomic mass is 9.87. The molecule has 1 saturated carbocycles. The third-order valence-corrected chi connectivity index (χ3v) is 3.94. The van der Waals surface area contributed by atoms with E-state index >= 15 is 0 Å². The Hall–Kier alpha value is -0.830. The SMILES string of the molecule is O=C(C1CC=CC1)N1CC(O)(C2CC2)C1. The Labute approximate surface area is 89.8 Å². The van der Waals surface area contributed by atoms with Gasteiger partial charge in [-0.05, 0) is 31.6 Å². The lowest BCUT2D eigenvalue weighted by Crippen LogP contribution is -2.65.